The summed E-state index contributed by atoms with van der Waals surface area (Å²) in [4.78, 5) is 0. The van der Waals surface area contributed by atoms with Gasteiger partial charge in [-0.15, -0.1) is 0 Å². The average molecular weight is 295 g/mol. The highest BCUT2D eigenvalue weighted by Gasteiger charge is 2.49. The number of nitrogens with one attached hydrogen (secondary N) is 5. The molecule has 3 fully saturated rings. The van der Waals surface area contributed by atoms with E-state index in [1.54, 1.807) is 0 Å². The Morgan fingerprint density at radius 3 is 1.29 bits per heavy atom. The third-order valence-corrected chi connectivity index (χ3v) is 5.51. The van der Waals surface area contributed by atoms with Gasteiger partial charge in [0, 0.05) is 64.4 Å². The Bertz CT molecular complexity index is 270. The largest absolute Gasteiger partial charge is 0.314 e. The predicted octanol–water partition coefficient (Wildman–Crippen LogP) is -0.495. The van der Waals surface area contributed by atoms with Crippen molar-refractivity contribution >= 4 is 0 Å². The van der Waals surface area contributed by atoms with Crippen LogP contribution in [-0.2, 0) is 0 Å². The van der Waals surface area contributed by atoms with Crippen LogP contribution < -0.4 is 26.6 Å². The molecule has 1 aliphatic heterocycles. The van der Waals surface area contributed by atoms with Gasteiger partial charge >= 0.3 is 0 Å². The molecule has 1 saturated heterocycles. The molecule has 4 unspecified atom stereocenters. The molecule has 4 atom stereocenters. The van der Waals surface area contributed by atoms with Crippen LogP contribution in [0.5, 0.6) is 0 Å². The quantitative estimate of drug-likeness (QED) is 0.417. The van der Waals surface area contributed by atoms with E-state index in [0.29, 0.717) is 12.1 Å². The molecule has 2 saturated carbocycles. The van der Waals surface area contributed by atoms with Gasteiger partial charge in [-0.25, -0.2) is 0 Å². The molecule has 5 N–H and O–H groups in total. The van der Waals surface area contributed by atoms with Crippen molar-refractivity contribution in [1.82, 2.24) is 26.6 Å². The molecule has 3 rings (SSSR count). The zero-order valence-corrected chi connectivity index (χ0v) is 13.3. The zero-order chi connectivity index (χ0) is 14.3. The Morgan fingerprint density at radius 1 is 0.476 bits per heavy atom. The predicted molar refractivity (Wildman–Crippen MR) is 87.6 cm³/mol. The molecule has 2 aliphatic carbocycles. The van der Waals surface area contributed by atoms with E-state index in [2.05, 4.69) is 26.6 Å². The summed E-state index contributed by atoms with van der Waals surface area (Å²) in [6, 6.07) is 1.42. The summed E-state index contributed by atoms with van der Waals surface area (Å²) in [6.07, 6.45) is 5.77. The Kier molecular flexibility index (Phi) is 6.30. The first kappa shape index (κ1) is 15.7. The van der Waals surface area contributed by atoms with Crippen LogP contribution in [0.1, 0.15) is 25.7 Å². The van der Waals surface area contributed by atoms with Gasteiger partial charge in [0.05, 0.1) is 0 Å². The monoisotopic (exact) mass is 295 g/mol. The first-order valence-electron chi connectivity index (χ1n) is 9.06. The average Bonchev–Trinajstić information content (AvgIpc) is 2.51. The summed E-state index contributed by atoms with van der Waals surface area (Å²) >= 11 is 0. The summed E-state index contributed by atoms with van der Waals surface area (Å²) in [5.41, 5.74) is 0. The number of hydrogen-bond acceptors (Lipinski definition) is 5. The van der Waals surface area contributed by atoms with E-state index in [0.717, 1.165) is 64.2 Å². The normalized spacial score (nSPS) is 40.0. The van der Waals surface area contributed by atoms with E-state index >= 15 is 0 Å². The first-order valence-corrected chi connectivity index (χ1v) is 9.06. The third kappa shape index (κ3) is 4.17. The molecule has 0 radical (unpaired) electrons. The van der Waals surface area contributed by atoms with Crippen molar-refractivity contribution in [2.24, 2.45) is 11.8 Å². The maximum atomic E-state index is 3.82. The van der Waals surface area contributed by atoms with Crippen LogP contribution in [-0.4, -0.2) is 64.4 Å². The Balaban J connectivity index is 1.49. The highest BCUT2D eigenvalue weighted by molar-refractivity contribution is 5.07. The lowest BCUT2D eigenvalue weighted by Gasteiger charge is -2.55. The first-order chi connectivity index (χ1) is 10.5. The topological polar surface area (TPSA) is 60.1 Å². The lowest BCUT2D eigenvalue weighted by atomic mass is 9.58. The molecule has 0 spiro atoms. The fourth-order valence-corrected chi connectivity index (χ4v) is 4.41. The molecular formula is C16H33N5. The molecule has 1 heterocycles. The van der Waals surface area contributed by atoms with Crippen molar-refractivity contribution in [3.63, 3.8) is 0 Å². The Morgan fingerprint density at radius 2 is 0.857 bits per heavy atom. The fourth-order valence-electron chi connectivity index (χ4n) is 4.41. The van der Waals surface area contributed by atoms with Gasteiger partial charge in [-0.1, -0.05) is 12.8 Å². The molecule has 5 nitrogen and oxygen atoms in total. The zero-order valence-electron chi connectivity index (χ0n) is 13.3. The van der Waals surface area contributed by atoms with Gasteiger partial charge in [-0.05, 0) is 24.7 Å². The molecule has 0 aromatic rings. The van der Waals surface area contributed by atoms with Gasteiger partial charge in [0.1, 0.15) is 0 Å². The molecular weight excluding hydrogens is 262 g/mol. The Labute approximate surface area is 129 Å². The van der Waals surface area contributed by atoms with Crippen molar-refractivity contribution < 1.29 is 0 Å². The maximum absolute atomic E-state index is 3.82. The minimum Gasteiger partial charge on any atom is -0.314 e. The fraction of sp³-hybridized carbons (Fsp3) is 1.00. The second-order valence-corrected chi connectivity index (χ2v) is 6.82. The summed E-state index contributed by atoms with van der Waals surface area (Å²) < 4.78 is 0. The van der Waals surface area contributed by atoms with Gasteiger partial charge in [-0.3, -0.25) is 0 Å². The number of fused-ring (bicyclic) bond motifs is 4. The van der Waals surface area contributed by atoms with Crippen molar-refractivity contribution in [3.05, 3.63) is 0 Å². The van der Waals surface area contributed by atoms with Gasteiger partial charge in [0.15, 0.2) is 0 Å². The van der Waals surface area contributed by atoms with Crippen LogP contribution in [0, 0.1) is 11.8 Å². The van der Waals surface area contributed by atoms with E-state index in [9.17, 15) is 0 Å². The van der Waals surface area contributed by atoms with Crippen molar-refractivity contribution in [3.8, 4) is 0 Å². The molecule has 0 aromatic heterocycles. The van der Waals surface area contributed by atoms with Crippen molar-refractivity contribution in [1.29, 1.82) is 0 Å². The molecule has 3 aliphatic rings. The van der Waals surface area contributed by atoms with Crippen LogP contribution in [0.15, 0.2) is 0 Å². The van der Waals surface area contributed by atoms with Crippen molar-refractivity contribution in [2.45, 2.75) is 37.8 Å². The highest BCUT2D eigenvalue weighted by atomic mass is 15.1. The van der Waals surface area contributed by atoms with Gasteiger partial charge < -0.3 is 26.6 Å². The van der Waals surface area contributed by atoms with Gasteiger partial charge in [0.25, 0.3) is 0 Å². The van der Waals surface area contributed by atoms with Crippen LogP contribution in [0.2, 0.25) is 0 Å². The maximum Gasteiger partial charge on any atom is 0.0255 e. The minimum absolute atomic E-state index is 0.709. The molecule has 0 amide bonds. The van der Waals surface area contributed by atoms with Gasteiger partial charge in [0.2, 0.25) is 0 Å². The third-order valence-electron chi connectivity index (χ3n) is 5.51. The summed E-state index contributed by atoms with van der Waals surface area (Å²) in [5.74, 6) is 1.86. The van der Waals surface area contributed by atoms with Crippen LogP contribution in [0.4, 0.5) is 0 Å². The summed E-state index contributed by atoms with van der Waals surface area (Å²) in [5, 5.41) is 18.1. The lowest BCUT2D eigenvalue weighted by Crippen LogP contribution is -2.69. The standard InChI is InChI=1S/C16H33N5/c1-2-4-14-13(3-1)15-16(14)21-12-10-19-8-6-17-5-7-18-9-11-20-15/h13-21H,1-12H2. The molecule has 0 aromatic carbocycles. The lowest BCUT2D eigenvalue weighted by molar-refractivity contribution is 0.0108. The molecule has 122 valence electrons. The SMILES string of the molecule is C1CCC2C(C1)C1NCCNCCNCCNCCNC21. The molecule has 21 heavy (non-hydrogen) atoms. The smallest absolute Gasteiger partial charge is 0.0255 e. The molecule has 0 bridgehead atoms. The van der Waals surface area contributed by atoms with Crippen LogP contribution >= 0.6 is 0 Å². The summed E-state index contributed by atoms with van der Waals surface area (Å²) in [7, 11) is 0. The van der Waals surface area contributed by atoms with E-state index in [1.807, 2.05) is 0 Å². The highest BCUT2D eigenvalue weighted by Crippen LogP contribution is 2.45. The molecule has 5 heteroatoms. The van der Waals surface area contributed by atoms with E-state index < -0.39 is 0 Å². The number of hydrogen-bond donors (Lipinski definition) is 5. The van der Waals surface area contributed by atoms with Crippen molar-refractivity contribution in [2.75, 3.05) is 52.4 Å². The van der Waals surface area contributed by atoms with E-state index in [1.165, 1.54) is 25.7 Å². The van der Waals surface area contributed by atoms with Crippen LogP contribution in [0.25, 0.3) is 0 Å². The minimum atomic E-state index is 0.709. The Hall–Kier alpha value is -0.200. The summed E-state index contributed by atoms with van der Waals surface area (Å²) in [6.45, 7) is 8.64. The van der Waals surface area contributed by atoms with Gasteiger partial charge in [-0.2, -0.15) is 0 Å². The van der Waals surface area contributed by atoms with Crippen LogP contribution in [0.3, 0.4) is 0 Å². The van der Waals surface area contributed by atoms with E-state index in [-0.39, 0.29) is 0 Å². The second-order valence-electron chi connectivity index (χ2n) is 6.82. The number of rotatable bonds is 0. The van der Waals surface area contributed by atoms with E-state index in [4.69, 9.17) is 0 Å². The second kappa shape index (κ2) is 8.44.